The van der Waals surface area contributed by atoms with Crippen LogP contribution in [0.3, 0.4) is 0 Å². The number of rotatable bonds is 7. The minimum absolute atomic E-state index is 0. The van der Waals surface area contributed by atoms with Crippen molar-refractivity contribution in [1.82, 2.24) is 20.8 Å². The van der Waals surface area contributed by atoms with Crippen LogP contribution >= 0.6 is 24.0 Å². The van der Waals surface area contributed by atoms with E-state index in [-0.39, 0.29) is 24.0 Å². The molecule has 0 spiro atoms. The van der Waals surface area contributed by atoms with Gasteiger partial charge in [0.25, 0.3) is 0 Å². The van der Waals surface area contributed by atoms with Gasteiger partial charge >= 0.3 is 0 Å². The van der Waals surface area contributed by atoms with Crippen LogP contribution in [0.4, 0.5) is 0 Å². The molecule has 2 rings (SSSR count). The molecular weight excluding hydrogens is 377 g/mol. The molecule has 0 bridgehead atoms. The van der Waals surface area contributed by atoms with E-state index in [0.29, 0.717) is 6.54 Å². The van der Waals surface area contributed by atoms with E-state index in [9.17, 15) is 0 Å². The second-order valence-corrected chi connectivity index (χ2v) is 5.50. The summed E-state index contributed by atoms with van der Waals surface area (Å²) >= 11 is 0. The molecule has 1 heterocycles. The van der Waals surface area contributed by atoms with Crippen molar-refractivity contribution >= 4 is 29.9 Å². The molecule has 6 heteroatoms. The van der Waals surface area contributed by atoms with Crippen molar-refractivity contribution in [3.8, 4) is 0 Å². The minimum Gasteiger partial charge on any atom is -0.357 e. The maximum absolute atomic E-state index is 4.55. The van der Waals surface area contributed by atoms with Crippen LogP contribution in [-0.2, 0) is 6.54 Å². The molecule has 0 saturated heterocycles. The molecule has 0 unspecified atom stereocenters. The van der Waals surface area contributed by atoms with Crippen molar-refractivity contribution in [3.63, 3.8) is 0 Å². The highest BCUT2D eigenvalue weighted by Crippen LogP contribution is 2.28. The number of aromatic amines is 1. The summed E-state index contributed by atoms with van der Waals surface area (Å²) in [5.74, 6) is 1.87. The Labute approximate surface area is 144 Å². The zero-order valence-electron chi connectivity index (χ0n) is 12.9. The molecule has 1 aliphatic rings. The summed E-state index contributed by atoms with van der Waals surface area (Å²) < 4.78 is 0. The predicted molar refractivity (Wildman–Crippen MR) is 98.0 cm³/mol. The minimum atomic E-state index is 0. The highest BCUT2D eigenvalue weighted by atomic mass is 127. The molecular formula is C15H28IN5. The number of nitrogens with one attached hydrogen (secondary N) is 3. The van der Waals surface area contributed by atoms with E-state index in [0.717, 1.165) is 30.7 Å². The van der Waals surface area contributed by atoms with Gasteiger partial charge in [0, 0.05) is 19.3 Å². The van der Waals surface area contributed by atoms with Crippen LogP contribution in [-0.4, -0.2) is 29.2 Å². The van der Waals surface area contributed by atoms with Crippen LogP contribution < -0.4 is 10.6 Å². The first-order valence-corrected chi connectivity index (χ1v) is 7.89. The fraction of sp³-hybridized carbons (Fsp3) is 0.733. The van der Waals surface area contributed by atoms with E-state index in [1.165, 1.54) is 38.5 Å². The maximum Gasteiger partial charge on any atom is 0.191 e. The smallest absolute Gasteiger partial charge is 0.191 e. The largest absolute Gasteiger partial charge is 0.357 e. The zero-order chi connectivity index (χ0) is 14.0. The molecule has 0 amide bonds. The Morgan fingerprint density at radius 1 is 1.38 bits per heavy atom. The lowest BCUT2D eigenvalue weighted by molar-refractivity contribution is 0.481. The van der Waals surface area contributed by atoms with E-state index >= 15 is 0 Å². The van der Waals surface area contributed by atoms with Crippen LogP contribution in [0.5, 0.6) is 0 Å². The summed E-state index contributed by atoms with van der Waals surface area (Å²) in [6, 6.07) is 1.95. The van der Waals surface area contributed by atoms with Crippen molar-refractivity contribution in [2.45, 2.75) is 52.0 Å². The first kappa shape index (κ1) is 18.3. The van der Waals surface area contributed by atoms with Gasteiger partial charge in [0.15, 0.2) is 5.96 Å². The number of aromatic nitrogens is 2. The summed E-state index contributed by atoms with van der Waals surface area (Å²) in [4.78, 5) is 4.55. The van der Waals surface area contributed by atoms with Crippen LogP contribution in [0, 0.1) is 5.92 Å². The number of hydrogen-bond acceptors (Lipinski definition) is 2. The molecule has 21 heavy (non-hydrogen) atoms. The Kier molecular flexibility index (Phi) is 9.45. The average molecular weight is 405 g/mol. The summed E-state index contributed by atoms with van der Waals surface area (Å²) in [6.45, 7) is 4.62. The molecule has 120 valence electrons. The van der Waals surface area contributed by atoms with Gasteiger partial charge < -0.3 is 10.6 Å². The average Bonchev–Trinajstić information content (AvgIpc) is 3.13. The maximum atomic E-state index is 4.55. The second kappa shape index (κ2) is 10.9. The fourth-order valence-corrected chi connectivity index (χ4v) is 2.78. The van der Waals surface area contributed by atoms with Gasteiger partial charge in [-0.15, -0.1) is 24.0 Å². The van der Waals surface area contributed by atoms with Crippen LogP contribution in [0.2, 0.25) is 0 Å². The SMILES string of the molecule is CCNC(=NCc1ccn[nH]1)NCCCC1CCCC1.I. The number of guanidine groups is 1. The first-order chi connectivity index (χ1) is 9.88. The van der Waals surface area contributed by atoms with E-state index < -0.39 is 0 Å². The molecule has 0 atom stereocenters. The van der Waals surface area contributed by atoms with Crippen molar-refractivity contribution < 1.29 is 0 Å². The Morgan fingerprint density at radius 3 is 2.86 bits per heavy atom. The summed E-state index contributed by atoms with van der Waals surface area (Å²) in [7, 11) is 0. The Morgan fingerprint density at radius 2 is 2.19 bits per heavy atom. The topological polar surface area (TPSA) is 65.1 Å². The standard InChI is InChI=1S/C15H27N5.HI/c1-2-16-15(18-12-14-9-11-19-20-14)17-10-5-8-13-6-3-4-7-13;/h9,11,13H,2-8,10,12H2,1H3,(H,19,20)(H2,16,17,18);1H. The molecule has 1 aliphatic carbocycles. The summed E-state index contributed by atoms with van der Waals surface area (Å²) in [5.41, 5.74) is 1.04. The molecule has 1 aromatic rings. The highest BCUT2D eigenvalue weighted by Gasteiger charge is 2.13. The van der Waals surface area contributed by atoms with Gasteiger partial charge in [-0.2, -0.15) is 5.10 Å². The van der Waals surface area contributed by atoms with Gasteiger partial charge in [0.1, 0.15) is 0 Å². The molecule has 1 fully saturated rings. The van der Waals surface area contributed by atoms with Crippen LogP contribution in [0.15, 0.2) is 17.3 Å². The lowest BCUT2D eigenvalue weighted by atomic mass is 10.0. The molecule has 0 aromatic carbocycles. The number of halogens is 1. The number of aliphatic imine (C=N–C) groups is 1. The van der Waals surface area contributed by atoms with Crippen LogP contribution in [0.25, 0.3) is 0 Å². The van der Waals surface area contributed by atoms with Crippen molar-refractivity contribution in [1.29, 1.82) is 0 Å². The zero-order valence-corrected chi connectivity index (χ0v) is 15.2. The predicted octanol–water partition coefficient (Wildman–Crippen LogP) is 3.05. The highest BCUT2D eigenvalue weighted by molar-refractivity contribution is 14.0. The normalized spacial score (nSPS) is 15.8. The lowest BCUT2D eigenvalue weighted by Crippen LogP contribution is -2.37. The van der Waals surface area contributed by atoms with Gasteiger partial charge in [-0.05, 0) is 31.7 Å². The first-order valence-electron chi connectivity index (χ1n) is 7.89. The Hall–Kier alpha value is -0.790. The van der Waals surface area contributed by atoms with E-state index in [1.807, 2.05) is 6.07 Å². The van der Waals surface area contributed by atoms with Crippen molar-refractivity contribution in [2.24, 2.45) is 10.9 Å². The van der Waals surface area contributed by atoms with Gasteiger partial charge in [0.2, 0.25) is 0 Å². The van der Waals surface area contributed by atoms with Crippen molar-refractivity contribution in [2.75, 3.05) is 13.1 Å². The Balaban J connectivity index is 0.00000220. The Bertz CT molecular complexity index is 385. The second-order valence-electron chi connectivity index (χ2n) is 5.50. The molecule has 5 nitrogen and oxygen atoms in total. The van der Waals surface area contributed by atoms with Gasteiger partial charge in [-0.25, -0.2) is 4.99 Å². The number of nitrogens with zero attached hydrogens (tertiary/aromatic N) is 2. The molecule has 3 N–H and O–H groups in total. The van der Waals surface area contributed by atoms with E-state index in [2.05, 4.69) is 32.7 Å². The van der Waals surface area contributed by atoms with Gasteiger partial charge in [-0.1, -0.05) is 25.7 Å². The molecule has 0 radical (unpaired) electrons. The van der Waals surface area contributed by atoms with Crippen LogP contribution in [0.1, 0.15) is 51.1 Å². The molecule has 1 aromatic heterocycles. The third kappa shape index (κ3) is 7.15. The third-order valence-electron chi connectivity index (χ3n) is 3.87. The number of H-pyrrole nitrogens is 1. The lowest BCUT2D eigenvalue weighted by Gasteiger charge is -2.12. The summed E-state index contributed by atoms with van der Waals surface area (Å²) in [6.07, 6.45) is 10.1. The quantitative estimate of drug-likeness (QED) is 0.283. The number of hydrogen-bond donors (Lipinski definition) is 3. The van der Waals surface area contributed by atoms with E-state index in [4.69, 9.17) is 0 Å². The van der Waals surface area contributed by atoms with E-state index in [1.54, 1.807) is 6.20 Å². The van der Waals surface area contributed by atoms with Crippen molar-refractivity contribution in [3.05, 3.63) is 18.0 Å². The molecule has 0 aliphatic heterocycles. The molecule has 1 saturated carbocycles. The van der Waals surface area contributed by atoms with Gasteiger partial charge in [-0.3, -0.25) is 5.10 Å². The third-order valence-corrected chi connectivity index (χ3v) is 3.87. The fourth-order valence-electron chi connectivity index (χ4n) is 2.78. The monoisotopic (exact) mass is 405 g/mol. The van der Waals surface area contributed by atoms with Gasteiger partial charge in [0.05, 0.1) is 12.2 Å². The summed E-state index contributed by atoms with van der Waals surface area (Å²) in [5, 5.41) is 13.5.